The van der Waals surface area contributed by atoms with E-state index in [2.05, 4.69) is 10.3 Å². The standard InChI is InChI=1S/C19H16N2O2/c22-19(16-9-11-20-12-10-16)21-17-7-4-8-18(13-17)23-14-15-5-2-1-3-6-15/h1-13H,14H2,(H,21,22). The van der Waals surface area contributed by atoms with Gasteiger partial charge in [0, 0.05) is 29.7 Å². The predicted octanol–water partition coefficient (Wildman–Crippen LogP) is 3.91. The SMILES string of the molecule is O=C(Nc1cccc(OCc2ccccc2)c1)c1ccncc1. The number of carbonyl (C=O) groups is 1. The first kappa shape index (κ1) is 14.8. The van der Waals surface area contributed by atoms with Crippen LogP contribution in [0.3, 0.4) is 0 Å². The number of hydrogen-bond acceptors (Lipinski definition) is 3. The Kier molecular flexibility index (Phi) is 4.64. The Morgan fingerprint density at radius 1 is 0.957 bits per heavy atom. The van der Waals surface area contributed by atoms with E-state index in [1.165, 1.54) is 0 Å². The third-order valence-corrected chi connectivity index (χ3v) is 3.28. The molecular formula is C19H16N2O2. The van der Waals surface area contributed by atoms with Gasteiger partial charge < -0.3 is 10.1 Å². The van der Waals surface area contributed by atoms with Gasteiger partial charge in [0.2, 0.25) is 0 Å². The van der Waals surface area contributed by atoms with E-state index in [1.807, 2.05) is 54.6 Å². The fraction of sp³-hybridized carbons (Fsp3) is 0.0526. The van der Waals surface area contributed by atoms with Crippen molar-refractivity contribution in [2.24, 2.45) is 0 Å². The van der Waals surface area contributed by atoms with Crippen molar-refractivity contribution in [3.63, 3.8) is 0 Å². The average Bonchev–Trinajstić information content (AvgIpc) is 2.62. The van der Waals surface area contributed by atoms with Crippen LogP contribution in [0.2, 0.25) is 0 Å². The van der Waals surface area contributed by atoms with Crippen molar-refractivity contribution in [3.8, 4) is 5.75 Å². The molecule has 1 amide bonds. The molecule has 4 nitrogen and oxygen atoms in total. The van der Waals surface area contributed by atoms with Gasteiger partial charge >= 0.3 is 0 Å². The first-order chi connectivity index (χ1) is 11.3. The van der Waals surface area contributed by atoms with Crippen molar-refractivity contribution < 1.29 is 9.53 Å². The summed E-state index contributed by atoms with van der Waals surface area (Å²) >= 11 is 0. The molecule has 1 N–H and O–H groups in total. The zero-order chi connectivity index (χ0) is 15.9. The fourth-order valence-electron chi connectivity index (χ4n) is 2.11. The van der Waals surface area contributed by atoms with E-state index < -0.39 is 0 Å². The molecule has 0 aliphatic carbocycles. The van der Waals surface area contributed by atoms with Gasteiger partial charge in [0.15, 0.2) is 0 Å². The number of benzene rings is 2. The summed E-state index contributed by atoms with van der Waals surface area (Å²) in [5, 5.41) is 2.85. The molecule has 0 aliphatic rings. The number of ether oxygens (including phenoxy) is 1. The van der Waals surface area contributed by atoms with Crippen molar-refractivity contribution >= 4 is 11.6 Å². The lowest BCUT2D eigenvalue weighted by Gasteiger charge is -2.09. The number of carbonyl (C=O) groups excluding carboxylic acids is 1. The quantitative estimate of drug-likeness (QED) is 0.777. The summed E-state index contributed by atoms with van der Waals surface area (Å²) in [7, 11) is 0. The second kappa shape index (κ2) is 7.22. The number of hydrogen-bond donors (Lipinski definition) is 1. The van der Waals surface area contributed by atoms with Gasteiger partial charge in [-0.1, -0.05) is 36.4 Å². The highest BCUT2D eigenvalue weighted by atomic mass is 16.5. The predicted molar refractivity (Wildman–Crippen MR) is 89.4 cm³/mol. The van der Waals surface area contributed by atoms with Crippen LogP contribution in [0.1, 0.15) is 15.9 Å². The first-order valence-corrected chi connectivity index (χ1v) is 7.29. The summed E-state index contributed by atoms with van der Waals surface area (Å²) in [6, 6.07) is 20.6. The van der Waals surface area contributed by atoms with Crippen LogP contribution in [-0.4, -0.2) is 10.9 Å². The van der Waals surface area contributed by atoms with Gasteiger partial charge in [-0.25, -0.2) is 0 Å². The molecule has 0 atom stereocenters. The monoisotopic (exact) mass is 304 g/mol. The Labute approximate surface area is 134 Å². The number of nitrogens with zero attached hydrogens (tertiary/aromatic N) is 1. The van der Waals surface area contributed by atoms with Crippen LogP contribution in [0.15, 0.2) is 79.1 Å². The third-order valence-electron chi connectivity index (χ3n) is 3.28. The molecule has 3 rings (SSSR count). The lowest BCUT2D eigenvalue weighted by atomic mass is 10.2. The second-order valence-corrected chi connectivity index (χ2v) is 4.99. The van der Waals surface area contributed by atoms with Crippen LogP contribution in [0.4, 0.5) is 5.69 Å². The number of rotatable bonds is 5. The minimum Gasteiger partial charge on any atom is -0.489 e. The number of anilines is 1. The highest BCUT2D eigenvalue weighted by Crippen LogP contribution is 2.19. The largest absolute Gasteiger partial charge is 0.489 e. The van der Waals surface area contributed by atoms with E-state index in [0.29, 0.717) is 23.6 Å². The summed E-state index contributed by atoms with van der Waals surface area (Å²) in [5.74, 6) is 0.536. The van der Waals surface area contributed by atoms with Gasteiger partial charge in [-0.05, 0) is 29.8 Å². The molecule has 0 fully saturated rings. The molecule has 1 heterocycles. The zero-order valence-electron chi connectivity index (χ0n) is 12.5. The Morgan fingerprint density at radius 2 is 1.74 bits per heavy atom. The molecule has 0 saturated carbocycles. The van der Waals surface area contributed by atoms with Gasteiger partial charge in [0.25, 0.3) is 5.91 Å². The van der Waals surface area contributed by atoms with Crippen LogP contribution in [0, 0.1) is 0 Å². The van der Waals surface area contributed by atoms with E-state index in [0.717, 1.165) is 5.56 Å². The molecule has 4 heteroatoms. The van der Waals surface area contributed by atoms with Gasteiger partial charge in [-0.3, -0.25) is 9.78 Å². The maximum atomic E-state index is 12.1. The maximum Gasteiger partial charge on any atom is 0.255 e. The smallest absolute Gasteiger partial charge is 0.255 e. The Bertz CT molecular complexity index is 774. The number of aromatic nitrogens is 1. The van der Waals surface area contributed by atoms with Gasteiger partial charge in [0.1, 0.15) is 12.4 Å². The van der Waals surface area contributed by atoms with E-state index in [4.69, 9.17) is 4.74 Å². The van der Waals surface area contributed by atoms with Crippen molar-refractivity contribution in [2.75, 3.05) is 5.32 Å². The van der Waals surface area contributed by atoms with E-state index in [1.54, 1.807) is 24.5 Å². The third kappa shape index (κ3) is 4.17. The first-order valence-electron chi connectivity index (χ1n) is 7.29. The minimum absolute atomic E-state index is 0.174. The molecular weight excluding hydrogens is 288 g/mol. The van der Waals surface area contributed by atoms with Gasteiger partial charge in [-0.2, -0.15) is 0 Å². The molecule has 0 radical (unpaired) electrons. The number of pyridine rings is 1. The van der Waals surface area contributed by atoms with Crippen LogP contribution >= 0.6 is 0 Å². The Morgan fingerprint density at radius 3 is 2.52 bits per heavy atom. The molecule has 3 aromatic rings. The summed E-state index contributed by atoms with van der Waals surface area (Å²) in [4.78, 5) is 16.0. The average molecular weight is 304 g/mol. The zero-order valence-corrected chi connectivity index (χ0v) is 12.5. The number of nitrogens with one attached hydrogen (secondary N) is 1. The Hall–Kier alpha value is -3.14. The highest BCUT2D eigenvalue weighted by molar-refractivity contribution is 6.04. The van der Waals surface area contributed by atoms with Crippen LogP contribution in [0.5, 0.6) is 5.75 Å². The van der Waals surface area contributed by atoms with Crippen LogP contribution in [-0.2, 0) is 6.61 Å². The Balaban J connectivity index is 1.64. The van der Waals surface area contributed by atoms with Gasteiger partial charge in [0.05, 0.1) is 0 Å². The molecule has 0 bridgehead atoms. The molecule has 0 saturated heterocycles. The van der Waals surface area contributed by atoms with E-state index in [9.17, 15) is 4.79 Å². The molecule has 23 heavy (non-hydrogen) atoms. The molecule has 0 unspecified atom stereocenters. The van der Waals surface area contributed by atoms with Crippen LogP contribution in [0.25, 0.3) is 0 Å². The summed E-state index contributed by atoms with van der Waals surface area (Å²) < 4.78 is 5.76. The van der Waals surface area contributed by atoms with Crippen molar-refractivity contribution in [2.45, 2.75) is 6.61 Å². The molecule has 0 spiro atoms. The van der Waals surface area contributed by atoms with Crippen molar-refractivity contribution in [1.29, 1.82) is 0 Å². The lowest BCUT2D eigenvalue weighted by molar-refractivity contribution is 0.102. The lowest BCUT2D eigenvalue weighted by Crippen LogP contribution is -2.11. The topological polar surface area (TPSA) is 51.2 Å². The highest BCUT2D eigenvalue weighted by Gasteiger charge is 2.06. The van der Waals surface area contributed by atoms with Gasteiger partial charge in [-0.15, -0.1) is 0 Å². The van der Waals surface area contributed by atoms with Crippen LogP contribution < -0.4 is 10.1 Å². The normalized spacial score (nSPS) is 10.1. The van der Waals surface area contributed by atoms with E-state index in [-0.39, 0.29) is 5.91 Å². The summed E-state index contributed by atoms with van der Waals surface area (Å²) in [6.45, 7) is 0.489. The summed E-state index contributed by atoms with van der Waals surface area (Å²) in [5.41, 5.74) is 2.35. The number of amides is 1. The second-order valence-electron chi connectivity index (χ2n) is 4.99. The van der Waals surface area contributed by atoms with Crippen molar-refractivity contribution in [1.82, 2.24) is 4.98 Å². The van der Waals surface area contributed by atoms with Crippen molar-refractivity contribution in [3.05, 3.63) is 90.3 Å². The summed E-state index contributed by atoms with van der Waals surface area (Å²) in [6.07, 6.45) is 3.18. The molecule has 1 aromatic heterocycles. The minimum atomic E-state index is -0.174. The molecule has 2 aromatic carbocycles. The van der Waals surface area contributed by atoms with E-state index >= 15 is 0 Å². The molecule has 0 aliphatic heterocycles. The molecule has 114 valence electrons. The maximum absolute atomic E-state index is 12.1. The fourth-order valence-corrected chi connectivity index (χ4v) is 2.11.